The molecule has 6 aromatic carbocycles. The van der Waals surface area contributed by atoms with Gasteiger partial charge in [0.25, 0.3) is 0 Å². The van der Waals surface area contributed by atoms with Crippen molar-refractivity contribution in [2.75, 3.05) is 0 Å². The molecular weight excluding hydrogens is 583 g/mol. The third-order valence-electron chi connectivity index (χ3n) is 9.86. The first kappa shape index (κ1) is 31.1. The summed E-state index contributed by atoms with van der Waals surface area (Å²) in [5.74, 6) is 1.74. The Labute approximate surface area is 284 Å². The molecular formula is C45H41N3. The fraction of sp³-hybridized carbons (Fsp3) is 0.156. The molecule has 0 amide bonds. The maximum atomic E-state index is 4.93. The van der Waals surface area contributed by atoms with Crippen LogP contribution in [0.4, 0.5) is 0 Å². The van der Waals surface area contributed by atoms with Gasteiger partial charge in [-0.2, -0.15) is 0 Å². The molecule has 1 aromatic heterocycles. The standard InChI is InChI=1S/C45H41N3/c1-30-19-16-17-28-39(30)48-43(46-47-44(48)45(5,6)38-26-14-9-15-27-38)37-25-18-24-36(29-37)42-32(3)40(34-20-10-7-11-21-34)31(2)41(33(42)4)35-22-12-8-13-23-35/h7-29H,1-6H3. The van der Waals surface area contributed by atoms with Crippen LogP contribution in [0.15, 0.2) is 140 Å². The third-order valence-corrected chi connectivity index (χ3v) is 9.86. The molecule has 0 saturated heterocycles. The summed E-state index contributed by atoms with van der Waals surface area (Å²) in [5.41, 5.74) is 15.4. The van der Waals surface area contributed by atoms with E-state index in [9.17, 15) is 0 Å². The Hall–Kier alpha value is -5.54. The number of aromatic nitrogens is 3. The lowest BCUT2D eigenvalue weighted by molar-refractivity contribution is 0.576. The third kappa shape index (κ3) is 5.36. The molecule has 0 aliphatic rings. The van der Waals surface area contributed by atoms with Crippen molar-refractivity contribution in [3.63, 3.8) is 0 Å². The van der Waals surface area contributed by atoms with Crippen molar-refractivity contribution in [2.24, 2.45) is 0 Å². The van der Waals surface area contributed by atoms with Gasteiger partial charge in [-0.1, -0.05) is 127 Å². The zero-order valence-corrected chi connectivity index (χ0v) is 28.6. The minimum atomic E-state index is -0.383. The quantitative estimate of drug-likeness (QED) is 0.177. The minimum absolute atomic E-state index is 0.383. The van der Waals surface area contributed by atoms with E-state index in [1.807, 2.05) is 0 Å². The van der Waals surface area contributed by atoms with Crippen LogP contribution in [0.1, 0.15) is 47.5 Å². The molecule has 3 heteroatoms. The second kappa shape index (κ2) is 12.6. The van der Waals surface area contributed by atoms with E-state index >= 15 is 0 Å². The van der Waals surface area contributed by atoms with Crippen LogP contribution in [-0.2, 0) is 5.41 Å². The van der Waals surface area contributed by atoms with Crippen LogP contribution in [0, 0.1) is 27.7 Å². The Morgan fingerprint density at radius 3 is 1.48 bits per heavy atom. The maximum absolute atomic E-state index is 4.93. The van der Waals surface area contributed by atoms with E-state index in [0.717, 1.165) is 22.9 Å². The predicted molar refractivity (Wildman–Crippen MR) is 201 cm³/mol. The molecule has 7 aromatic rings. The van der Waals surface area contributed by atoms with E-state index in [2.05, 4.69) is 186 Å². The number of rotatable bonds is 7. The Bertz CT molecular complexity index is 2160. The number of nitrogens with zero attached hydrogens (tertiary/aromatic N) is 3. The number of para-hydroxylation sites is 1. The maximum Gasteiger partial charge on any atom is 0.168 e. The van der Waals surface area contributed by atoms with E-state index in [0.29, 0.717) is 0 Å². The van der Waals surface area contributed by atoms with Crippen molar-refractivity contribution >= 4 is 0 Å². The summed E-state index contributed by atoms with van der Waals surface area (Å²) in [6, 6.07) is 49.5. The largest absolute Gasteiger partial charge is 0.278 e. The Morgan fingerprint density at radius 2 is 0.917 bits per heavy atom. The summed E-state index contributed by atoms with van der Waals surface area (Å²) in [7, 11) is 0. The van der Waals surface area contributed by atoms with E-state index in [4.69, 9.17) is 10.2 Å². The smallest absolute Gasteiger partial charge is 0.168 e. The molecule has 0 atom stereocenters. The molecule has 0 radical (unpaired) electrons. The topological polar surface area (TPSA) is 30.7 Å². The Morgan fingerprint density at radius 1 is 0.458 bits per heavy atom. The van der Waals surface area contributed by atoms with E-state index in [1.165, 1.54) is 61.2 Å². The van der Waals surface area contributed by atoms with Crippen LogP contribution in [0.25, 0.3) is 50.5 Å². The molecule has 3 nitrogen and oxygen atoms in total. The van der Waals surface area contributed by atoms with Gasteiger partial charge in [-0.15, -0.1) is 10.2 Å². The summed E-state index contributed by atoms with van der Waals surface area (Å²) < 4.78 is 2.26. The molecule has 236 valence electrons. The average molecular weight is 624 g/mol. The van der Waals surface area contributed by atoms with Crippen molar-refractivity contribution in [1.29, 1.82) is 0 Å². The van der Waals surface area contributed by atoms with E-state index in [-0.39, 0.29) is 5.41 Å². The molecule has 0 N–H and O–H groups in total. The molecule has 0 saturated carbocycles. The predicted octanol–water partition coefficient (Wildman–Crippen LogP) is 11.5. The first-order valence-corrected chi connectivity index (χ1v) is 16.7. The monoisotopic (exact) mass is 623 g/mol. The van der Waals surface area contributed by atoms with Gasteiger partial charge in [0.05, 0.1) is 11.1 Å². The summed E-state index contributed by atoms with van der Waals surface area (Å²) in [4.78, 5) is 0. The lowest BCUT2D eigenvalue weighted by Crippen LogP contribution is -2.24. The fourth-order valence-electron chi connectivity index (χ4n) is 7.44. The van der Waals surface area contributed by atoms with Crippen molar-refractivity contribution < 1.29 is 0 Å². The van der Waals surface area contributed by atoms with Crippen LogP contribution in [0.3, 0.4) is 0 Å². The molecule has 0 unspecified atom stereocenters. The molecule has 0 aliphatic heterocycles. The summed E-state index contributed by atoms with van der Waals surface area (Å²) in [5, 5.41) is 9.86. The first-order valence-electron chi connectivity index (χ1n) is 16.7. The highest BCUT2D eigenvalue weighted by atomic mass is 15.3. The van der Waals surface area contributed by atoms with Crippen LogP contribution < -0.4 is 0 Å². The molecule has 0 aliphatic carbocycles. The van der Waals surface area contributed by atoms with Gasteiger partial charge in [0.2, 0.25) is 0 Å². The highest BCUT2D eigenvalue weighted by Gasteiger charge is 2.32. The second-order valence-electron chi connectivity index (χ2n) is 13.3. The highest BCUT2D eigenvalue weighted by molar-refractivity contribution is 5.92. The number of benzene rings is 6. The van der Waals surface area contributed by atoms with Gasteiger partial charge in [-0.05, 0) is 115 Å². The molecule has 1 heterocycles. The Balaban J connectivity index is 1.47. The first-order chi connectivity index (χ1) is 23.3. The van der Waals surface area contributed by atoms with Gasteiger partial charge in [0, 0.05) is 5.56 Å². The van der Waals surface area contributed by atoms with Gasteiger partial charge in [0.1, 0.15) is 5.82 Å². The van der Waals surface area contributed by atoms with Crippen LogP contribution in [-0.4, -0.2) is 14.8 Å². The lowest BCUT2D eigenvalue weighted by atomic mass is 9.80. The molecule has 7 rings (SSSR count). The van der Waals surface area contributed by atoms with Crippen LogP contribution >= 0.6 is 0 Å². The zero-order valence-electron chi connectivity index (χ0n) is 28.6. The van der Waals surface area contributed by atoms with E-state index < -0.39 is 0 Å². The number of aryl methyl sites for hydroxylation is 1. The minimum Gasteiger partial charge on any atom is -0.278 e. The lowest BCUT2D eigenvalue weighted by Gasteiger charge is -2.26. The SMILES string of the molecule is Cc1ccccc1-n1c(-c2cccc(-c3c(C)c(-c4ccccc4)c(C)c(-c4ccccc4)c3C)c2)nnc1C(C)(C)c1ccccc1. The van der Waals surface area contributed by atoms with Crippen molar-refractivity contribution in [1.82, 2.24) is 14.8 Å². The van der Waals surface area contributed by atoms with Gasteiger partial charge in [-0.25, -0.2) is 0 Å². The van der Waals surface area contributed by atoms with Gasteiger partial charge < -0.3 is 0 Å². The van der Waals surface area contributed by atoms with Crippen molar-refractivity contribution in [3.8, 4) is 50.5 Å². The highest BCUT2D eigenvalue weighted by Crippen LogP contribution is 2.44. The molecule has 0 fully saturated rings. The summed E-state index contributed by atoms with van der Waals surface area (Å²) >= 11 is 0. The average Bonchev–Trinajstić information content (AvgIpc) is 3.56. The van der Waals surface area contributed by atoms with Crippen molar-refractivity contribution in [3.05, 3.63) is 173 Å². The summed E-state index contributed by atoms with van der Waals surface area (Å²) in [6.45, 7) is 13.4. The fourth-order valence-corrected chi connectivity index (χ4v) is 7.44. The van der Waals surface area contributed by atoms with Crippen molar-refractivity contribution in [2.45, 2.75) is 47.0 Å². The number of hydrogen-bond donors (Lipinski definition) is 0. The summed E-state index contributed by atoms with van der Waals surface area (Å²) in [6.07, 6.45) is 0. The van der Waals surface area contributed by atoms with Crippen LogP contribution in [0.5, 0.6) is 0 Å². The van der Waals surface area contributed by atoms with Gasteiger partial charge >= 0.3 is 0 Å². The molecule has 0 bridgehead atoms. The Kier molecular flexibility index (Phi) is 8.14. The number of hydrogen-bond acceptors (Lipinski definition) is 2. The van der Waals surface area contributed by atoms with Gasteiger partial charge in [0.15, 0.2) is 5.82 Å². The van der Waals surface area contributed by atoms with Crippen LogP contribution in [0.2, 0.25) is 0 Å². The molecule has 0 spiro atoms. The molecule has 48 heavy (non-hydrogen) atoms. The van der Waals surface area contributed by atoms with Gasteiger partial charge in [-0.3, -0.25) is 4.57 Å². The zero-order chi connectivity index (χ0) is 33.4. The normalized spacial score (nSPS) is 11.5. The second-order valence-corrected chi connectivity index (χ2v) is 13.3. The van der Waals surface area contributed by atoms with E-state index in [1.54, 1.807) is 0 Å².